The number of amides is 1. The van der Waals surface area contributed by atoms with E-state index in [0.717, 1.165) is 32.1 Å². The molecule has 1 amide bonds. The van der Waals surface area contributed by atoms with E-state index in [9.17, 15) is 13.2 Å². The molecule has 2 unspecified atom stereocenters. The molecule has 4 aliphatic carbocycles. The number of ether oxygens (including phenoxy) is 1. The van der Waals surface area contributed by atoms with Crippen molar-refractivity contribution in [2.75, 3.05) is 31.6 Å². The highest BCUT2D eigenvalue weighted by Gasteiger charge is 2.61. The van der Waals surface area contributed by atoms with Gasteiger partial charge in [-0.2, -0.15) is 9.40 Å². The molecule has 7 rings (SSSR count). The number of nitrogens with one attached hydrogen (secondary N) is 1. The Kier molecular flexibility index (Phi) is 4.90. The number of benzene rings is 1. The summed E-state index contributed by atoms with van der Waals surface area (Å²) in [5, 5.41) is 7.54. The van der Waals surface area contributed by atoms with Gasteiger partial charge in [-0.25, -0.2) is 18.1 Å². The molecule has 5 aliphatic rings. The highest BCUT2D eigenvalue weighted by Crippen LogP contribution is 2.64. The van der Waals surface area contributed by atoms with Crippen LogP contribution in [0.4, 0.5) is 5.69 Å². The third kappa shape index (κ3) is 3.50. The smallest absolute Gasteiger partial charge is 0.243 e. The number of anilines is 1. The lowest BCUT2D eigenvalue weighted by Crippen LogP contribution is -2.60. The summed E-state index contributed by atoms with van der Waals surface area (Å²) in [6.07, 6.45) is 9.18. The van der Waals surface area contributed by atoms with Crippen molar-refractivity contribution in [2.24, 2.45) is 17.3 Å². The van der Waals surface area contributed by atoms with Crippen molar-refractivity contribution < 1.29 is 17.9 Å². The molecule has 2 aromatic rings. The van der Waals surface area contributed by atoms with Crippen molar-refractivity contribution in [3.05, 3.63) is 36.9 Å². The van der Waals surface area contributed by atoms with Crippen molar-refractivity contribution in [3.63, 3.8) is 0 Å². The first-order valence-electron chi connectivity index (χ1n) is 11.7. The second-order valence-corrected chi connectivity index (χ2v) is 12.2. The van der Waals surface area contributed by atoms with E-state index in [1.165, 1.54) is 10.7 Å². The lowest BCUT2D eigenvalue weighted by Gasteiger charge is -2.60. The lowest BCUT2D eigenvalue weighted by atomic mass is 9.46. The predicted octanol–water partition coefficient (Wildman–Crippen LogP) is 2.23. The number of hydrogen-bond acceptors (Lipinski definition) is 6. The molecule has 2 heterocycles. The summed E-state index contributed by atoms with van der Waals surface area (Å²) in [6, 6.07) is 6.63. The Morgan fingerprint density at radius 3 is 2.58 bits per heavy atom. The van der Waals surface area contributed by atoms with Crippen LogP contribution in [-0.4, -0.2) is 59.7 Å². The molecule has 4 atom stereocenters. The summed E-state index contributed by atoms with van der Waals surface area (Å²) >= 11 is 0. The minimum absolute atomic E-state index is 0.00186. The van der Waals surface area contributed by atoms with E-state index in [4.69, 9.17) is 4.74 Å². The molecule has 0 spiro atoms. The van der Waals surface area contributed by atoms with E-state index in [1.807, 2.05) is 4.68 Å². The van der Waals surface area contributed by atoms with Crippen molar-refractivity contribution in [3.8, 4) is 0 Å². The van der Waals surface area contributed by atoms with Gasteiger partial charge in [0.1, 0.15) is 12.7 Å². The monoisotopic (exact) mass is 471 g/mol. The standard InChI is InChI=1S/C23H29N5O4S/c29-21(26-19-2-1-3-20(9-19)33(30,31)27-4-6-32-7-5-27)22-10-17-8-18(11-22)13-23(12-17,14-22)28-16-24-15-25-28/h1-3,9,15-18H,4-8,10-14H2,(H,26,29)/t17-,18+,22?,23?. The fourth-order valence-electron chi connectivity index (χ4n) is 7.14. The maximum Gasteiger partial charge on any atom is 0.243 e. The van der Waals surface area contributed by atoms with Gasteiger partial charge in [-0.1, -0.05) is 6.07 Å². The maximum atomic E-state index is 13.7. The van der Waals surface area contributed by atoms with Crippen LogP contribution in [0.25, 0.3) is 0 Å². The molecule has 33 heavy (non-hydrogen) atoms. The summed E-state index contributed by atoms with van der Waals surface area (Å²) in [4.78, 5) is 18.1. The number of rotatable bonds is 5. The number of sulfonamides is 1. The largest absolute Gasteiger partial charge is 0.379 e. The lowest BCUT2D eigenvalue weighted by molar-refractivity contribution is -0.150. The molecule has 10 heteroatoms. The van der Waals surface area contributed by atoms with Gasteiger partial charge in [-0.15, -0.1) is 0 Å². The number of hydrogen-bond donors (Lipinski definition) is 1. The van der Waals surface area contributed by atoms with Gasteiger partial charge in [0, 0.05) is 18.8 Å². The highest BCUT2D eigenvalue weighted by molar-refractivity contribution is 7.89. The molecule has 1 saturated heterocycles. The number of morpholine rings is 1. The molecule has 4 saturated carbocycles. The van der Waals surface area contributed by atoms with Crippen molar-refractivity contribution in [2.45, 2.75) is 49.0 Å². The fourth-order valence-corrected chi connectivity index (χ4v) is 8.59. The van der Waals surface area contributed by atoms with E-state index >= 15 is 0 Å². The Labute approximate surface area is 193 Å². The van der Waals surface area contributed by atoms with E-state index < -0.39 is 15.4 Å². The average Bonchev–Trinajstić information content (AvgIpc) is 3.35. The minimum Gasteiger partial charge on any atom is -0.379 e. The number of nitrogens with zero attached hydrogens (tertiary/aromatic N) is 4. The van der Waals surface area contributed by atoms with E-state index in [-0.39, 0.29) is 16.3 Å². The summed E-state index contributed by atoms with van der Waals surface area (Å²) in [5.74, 6) is 1.02. The molecule has 176 valence electrons. The van der Waals surface area contributed by atoms with Gasteiger partial charge in [0.15, 0.2) is 0 Å². The zero-order chi connectivity index (χ0) is 22.7. The molecule has 1 N–H and O–H groups in total. The Hall–Kier alpha value is -2.30. The molecule has 5 fully saturated rings. The molecular formula is C23H29N5O4S. The van der Waals surface area contributed by atoms with Gasteiger partial charge in [0.05, 0.1) is 29.1 Å². The van der Waals surface area contributed by atoms with Crippen molar-refractivity contribution in [1.82, 2.24) is 19.1 Å². The van der Waals surface area contributed by atoms with Gasteiger partial charge in [0.2, 0.25) is 15.9 Å². The van der Waals surface area contributed by atoms with Gasteiger partial charge in [0.25, 0.3) is 0 Å². The van der Waals surface area contributed by atoms with E-state index in [1.54, 1.807) is 36.9 Å². The molecule has 9 nitrogen and oxygen atoms in total. The molecule has 1 aromatic carbocycles. The van der Waals surface area contributed by atoms with Crippen LogP contribution in [0.3, 0.4) is 0 Å². The van der Waals surface area contributed by atoms with Crippen LogP contribution in [0.2, 0.25) is 0 Å². The Balaban J connectivity index is 1.26. The Morgan fingerprint density at radius 1 is 1.12 bits per heavy atom. The van der Waals surface area contributed by atoms with Crippen molar-refractivity contribution >= 4 is 21.6 Å². The summed E-state index contributed by atoms with van der Waals surface area (Å²) < 4.78 is 34.8. The van der Waals surface area contributed by atoms with Crippen LogP contribution in [0.5, 0.6) is 0 Å². The van der Waals surface area contributed by atoms with Crippen LogP contribution >= 0.6 is 0 Å². The quantitative estimate of drug-likeness (QED) is 0.717. The van der Waals surface area contributed by atoms with Crippen LogP contribution in [0.15, 0.2) is 41.8 Å². The van der Waals surface area contributed by atoms with E-state index in [0.29, 0.717) is 43.8 Å². The van der Waals surface area contributed by atoms with Crippen LogP contribution in [-0.2, 0) is 25.1 Å². The molecule has 0 radical (unpaired) electrons. The SMILES string of the molecule is O=C(Nc1cccc(S(=O)(=O)N2CCOCC2)c1)C12C[C@H]3C[C@@H](C1)CC(n1cncn1)(C3)C2. The molecule has 1 aliphatic heterocycles. The minimum atomic E-state index is -3.62. The zero-order valence-corrected chi connectivity index (χ0v) is 19.3. The summed E-state index contributed by atoms with van der Waals surface area (Å²) in [7, 11) is -3.62. The Bertz CT molecular complexity index is 1150. The fraction of sp³-hybridized carbons (Fsp3) is 0.609. The predicted molar refractivity (Wildman–Crippen MR) is 120 cm³/mol. The first kappa shape index (κ1) is 21.2. The van der Waals surface area contributed by atoms with Gasteiger partial charge < -0.3 is 10.1 Å². The zero-order valence-electron chi connectivity index (χ0n) is 18.5. The summed E-state index contributed by atoms with van der Waals surface area (Å²) in [6.45, 7) is 1.48. The highest BCUT2D eigenvalue weighted by atomic mass is 32.2. The number of carbonyl (C=O) groups excluding carboxylic acids is 1. The van der Waals surface area contributed by atoms with Gasteiger partial charge in [-0.3, -0.25) is 4.79 Å². The molecule has 1 aromatic heterocycles. The molecular weight excluding hydrogens is 442 g/mol. The van der Waals surface area contributed by atoms with Crippen molar-refractivity contribution in [1.29, 1.82) is 0 Å². The van der Waals surface area contributed by atoms with Crippen LogP contribution < -0.4 is 5.32 Å². The van der Waals surface area contributed by atoms with Gasteiger partial charge >= 0.3 is 0 Å². The van der Waals surface area contributed by atoms with Gasteiger partial charge in [-0.05, 0) is 68.6 Å². The first-order chi connectivity index (χ1) is 15.9. The topological polar surface area (TPSA) is 106 Å². The third-order valence-electron chi connectivity index (χ3n) is 8.12. The van der Waals surface area contributed by atoms with E-state index in [2.05, 4.69) is 15.4 Å². The maximum absolute atomic E-state index is 13.7. The number of carbonyl (C=O) groups is 1. The number of aromatic nitrogens is 3. The first-order valence-corrected chi connectivity index (χ1v) is 13.2. The Morgan fingerprint density at radius 2 is 1.88 bits per heavy atom. The average molecular weight is 472 g/mol. The van der Waals surface area contributed by atoms with Crippen LogP contribution in [0.1, 0.15) is 38.5 Å². The third-order valence-corrected chi connectivity index (χ3v) is 10.0. The van der Waals surface area contributed by atoms with Crippen LogP contribution in [0, 0.1) is 17.3 Å². The summed E-state index contributed by atoms with van der Waals surface area (Å²) in [5.41, 5.74) is -0.0611. The molecule has 4 bridgehead atoms. The second kappa shape index (κ2) is 7.61. The second-order valence-electron chi connectivity index (χ2n) is 10.3. The normalized spacial score (nSPS) is 33.8.